The molecule has 2 aromatic carbocycles. The van der Waals surface area contributed by atoms with E-state index in [9.17, 15) is 9.59 Å². The Morgan fingerprint density at radius 3 is 2.00 bits per heavy atom. The average molecular weight is 655 g/mol. The van der Waals surface area contributed by atoms with Gasteiger partial charge in [0.25, 0.3) is 5.91 Å². The number of amides is 2. The molecule has 0 aliphatic carbocycles. The zero-order valence-corrected chi connectivity index (χ0v) is 27.4. The van der Waals surface area contributed by atoms with E-state index in [1.807, 2.05) is 70.9 Å². The number of aromatic amines is 2. The summed E-state index contributed by atoms with van der Waals surface area (Å²) in [5.74, 6) is 1.29. The second kappa shape index (κ2) is 13.4. The van der Waals surface area contributed by atoms with Gasteiger partial charge >= 0.3 is 0 Å². The monoisotopic (exact) mass is 654 g/mol. The second-order valence-electron chi connectivity index (χ2n) is 13.2. The predicted octanol–water partition coefficient (Wildman–Crippen LogP) is 6.65. The summed E-state index contributed by atoms with van der Waals surface area (Å²) in [5.41, 5.74) is 6.53. The van der Waals surface area contributed by atoms with Gasteiger partial charge in [-0.1, -0.05) is 54.6 Å². The Labute approximate surface area is 286 Å². The minimum Gasteiger partial charge on any atom is -0.368 e. The van der Waals surface area contributed by atoms with Crippen molar-refractivity contribution in [3.05, 3.63) is 109 Å². The molecule has 0 bridgehead atoms. The number of nitrogens with zero attached hydrogens (tertiary/aromatic N) is 5. The number of aromatic nitrogens is 5. The first-order valence-electron chi connectivity index (χ1n) is 17.3. The number of hydrogen-bond donors (Lipinski definition) is 2. The van der Waals surface area contributed by atoms with Crippen LogP contribution in [0.3, 0.4) is 0 Å². The molecule has 249 valence electrons. The van der Waals surface area contributed by atoms with Gasteiger partial charge in [0.05, 0.1) is 47.5 Å². The number of pyridine rings is 1. The van der Waals surface area contributed by atoms with E-state index in [0.29, 0.717) is 13.2 Å². The summed E-state index contributed by atoms with van der Waals surface area (Å²) in [7, 11) is 0. The van der Waals surface area contributed by atoms with Crippen molar-refractivity contribution >= 4 is 11.8 Å². The van der Waals surface area contributed by atoms with Gasteiger partial charge < -0.3 is 24.5 Å². The van der Waals surface area contributed by atoms with E-state index in [1.54, 1.807) is 0 Å². The highest BCUT2D eigenvalue weighted by Gasteiger charge is 2.37. The van der Waals surface area contributed by atoms with Crippen LogP contribution in [0.5, 0.6) is 0 Å². The standard InChI is InChI=1S/C39H40N7O3/c1-25(26-8-3-2-4-9-26)38(47)45-19-5-10-33(45)36-41-23-31(43-36)28-15-13-27(14-16-28)30-18-17-29(22-40-30)32-24-42-37(44-32)34-11-6-20-46(34)39(48)35-12-7-21-49-35/h2-4,8-9,13-18,22-25,33-35H,1,5-7,10-12,19-21H2,(H,41,43)(H,42,44)/t25-,33+,34+,35-/m1/s1. The first kappa shape index (κ1) is 31.2. The highest BCUT2D eigenvalue weighted by molar-refractivity contribution is 5.85. The van der Waals surface area contributed by atoms with Crippen molar-refractivity contribution in [3.8, 4) is 33.8 Å². The van der Waals surface area contributed by atoms with Crippen molar-refractivity contribution in [1.82, 2.24) is 34.7 Å². The summed E-state index contributed by atoms with van der Waals surface area (Å²) in [5, 5.41) is 0. The van der Waals surface area contributed by atoms with Crippen LogP contribution < -0.4 is 0 Å². The first-order chi connectivity index (χ1) is 24.0. The van der Waals surface area contributed by atoms with E-state index >= 15 is 0 Å². The minimum atomic E-state index is -0.444. The summed E-state index contributed by atoms with van der Waals surface area (Å²) in [6, 6.07) is 21.9. The molecule has 49 heavy (non-hydrogen) atoms. The highest BCUT2D eigenvalue weighted by atomic mass is 16.5. The summed E-state index contributed by atoms with van der Waals surface area (Å²) in [4.78, 5) is 51.4. The van der Waals surface area contributed by atoms with Crippen molar-refractivity contribution in [3.63, 3.8) is 0 Å². The number of hydrogen-bond acceptors (Lipinski definition) is 6. The van der Waals surface area contributed by atoms with Crippen LogP contribution in [0.1, 0.15) is 73.7 Å². The van der Waals surface area contributed by atoms with E-state index in [-0.39, 0.29) is 30.0 Å². The first-order valence-corrected chi connectivity index (χ1v) is 17.3. The quantitative estimate of drug-likeness (QED) is 0.193. The molecule has 6 heterocycles. The fraction of sp³-hybridized carbons (Fsp3) is 0.333. The van der Waals surface area contributed by atoms with Gasteiger partial charge in [0.15, 0.2) is 0 Å². The van der Waals surface area contributed by atoms with E-state index in [0.717, 1.165) is 96.1 Å². The van der Waals surface area contributed by atoms with E-state index in [4.69, 9.17) is 14.7 Å². The molecule has 5 aromatic rings. The second-order valence-corrected chi connectivity index (χ2v) is 13.2. The number of likely N-dealkylation sites (tertiary alicyclic amines) is 2. The van der Waals surface area contributed by atoms with E-state index in [1.165, 1.54) is 0 Å². The molecule has 2 amide bonds. The van der Waals surface area contributed by atoms with Crippen LogP contribution in [0.25, 0.3) is 33.8 Å². The molecule has 10 nitrogen and oxygen atoms in total. The van der Waals surface area contributed by atoms with E-state index in [2.05, 4.69) is 46.1 Å². The van der Waals surface area contributed by atoms with Crippen molar-refractivity contribution in [2.45, 2.75) is 62.6 Å². The van der Waals surface area contributed by atoms with Gasteiger partial charge in [-0.15, -0.1) is 0 Å². The van der Waals surface area contributed by atoms with Crippen LogP contribution in [0.15, 0.2) is 85.3 Å². The Kier molecular flexibility index (Phi) is 8.55. The third-order valence-corrected chi connectivity index (χ3v) is 10.2. The Morgan fingerprint density at radius 2 is 1.35 bits per heavy atom. The van der Waals surface area contributed by atoms with Gasteiger partial charge in [0, 0.05) is 37.0 Å². The molecular weight excluding hydrogens is 614 g/mol. The van der Waals surface area contributed by atoms with Crippen LogP contribution in [-0.2, 0) is 14.3 Å². The van der Waals surface area contributed by atoms with Crippen LogP contribution in [0.4, 0.5) is 0 Å². The third-order valence-electron chi connectivity index (χ3n) is 10.2. The number of nitrogens with one attached hydrogen (secondary N) is 2. The Morgan fingerprint density at radius 1 is 0.714 bits per heavy atom. The van der Waals surface area contributed by atoms with Crippen LogP contribution in [0.2, 0.25) is 0 Å². The Bertz CT molecular complexity index is 1910. The summed E-state index contributed by atoms with van der Waals surface area (Å²) in [6.45, 7) is 6.28. The summed E-state index contributed by atoms with van der Waals surface area (Å²) < 4.78 is 5.66. The minimum absolute atomic E-state index is 0.0320. The molecule has 3 aliphatic rings. The topological polar surface area (TPSA) is 120 Å². The number of rotatable bonds is 8. The number of benzene rings is 2. The van der Waals surface area contributed by atoms with Crippen molar-refractivity contribution in [1.29, 1.82) is 0 Å². The van der Waals surface area contributed by atoms with Crippen LogP contribution in [0, 0.1) is 6.92 Å². The fourth-order valence-electron chi connectivity index (χ4n) is 7.46. The molecule has 3 fully saturated rings. The van der Waals surface area contributed by atoms with Crippen LogP contribution >= 0.6 is 0 Å². The molecule has 3 aliphatic heterocycles. The Balaban J connectivity index is 0.923. The molecule has 3 aromatic heterocycles. The normalized spacial score (nSPS) is 21.4. The smallest absolute Gasteiger partial charge is 0.252 e. The average Bonchev–Trinajstić information content (AvgIpc) is 4.00. The molecule has 0 saturated carbocycles. The lowest BCUT2D eigenvalue weighted by molar-refractivity contribution is -0.142. The highest BCUT2D eigenvalue weighted by Crippen LogP contribution is 2.36. The molecule has 2 N–H and O–H groups in total. The summed E-state index contributed by atoms with van der Waals surface area (Å²) >= 11 is 0. The van der Waals surface area contributed by atoms with Gasteiger partial charge in [-0.05, 0) is 68.7 Å². The zero-order chi connectivity index (χ0) is 33.3. The lowest BCUT2D eigenvalue weighted by Crippen LogP contribution is -2.38. The molecule has 8 rings (SSSR count). The lowest BCUT2D eigenvalue weighted by Gasteiger charge is -2.26. The SMILES string of the molecule is [CH2][C@@H](C(=O)N1CCC[C@H]1c1ncc(-c2ccc(-c3ccc(-c4cnc([C@@H]5CCCN5C(=O)[C@H]5CCCO5)[nH]4)cn3)cc2)[nH]1)c1ccccc1. The lowest BCUT2D eigenvalue weighted by atomic mass is 9.99. The molecule has 3 saturated heterocycles. The van der Waals surface area contributed by atoms with Crippen molar-refractivity contribution in [2.24, 2.45) is 0 Å². The van der Waals surface area contributed by atoms with Gasteiger partial charge in [-0.25, -0.2) is 9.97 Å². The molecular formula is C39H40N7O3. The number of H-pyrrole nitrogens is 2. The van der Waals surface area contributed by atoms with Gasteiger partial charge in [0.1, 0.15) is 17.8 Å². The fourth-order valence-corrected chi connectivity index (χ4v) is 7.46. The van der Waals surface area contributed by atoms with Gasteiger partial charge in [-0.2, -0.15) is 0 Å². The third kappa shape index (κ3) is 6.17. The maximum atomic E-state index is 13.4. The summed E-state index contributed by atoms with van der Waals surface area (Å²) in [6.07, 6.45) is 10.6. The van der Waals surface area contributed by atoms with Crippen LogP contribution in [-0.4, -0.2) is 72.3 Å². The predicted molar refractivity (Wildman–Crippen MR) is 186 cm³/mol. The van der Waals surface area contributed by atoms with Crippen molar-refractivity contribution < 1.29 is 14.3 Å². The number of imidazole rings is 2. The molecule has 0 unspecified atom stereocenters. The van der Waals surface area contributed by atoms with Gasteiger partial charge in [-0.3, -0.25) is 14.6 Å². The maximum absolute atomic E-state index is 13.4. The zero-order valence-electron chi connectivity index (χ0n) is 27.4. The van der Waals surface area contributed by atoms with Crippen molar-refractivity contribution in [2.75, 3.05) is 19.7 Å². The number of ether oxygens (including phenoxy) is 1. The largest absolute Gasteiger partial charge is 0.368 e. The molecule has 0 spiro atoms. The molecule has 4 atom stereocenters. The Hall–Kier alpha value is -5.09. The van der Waals surface area contributed by atoms with E-state index < -0.39 is 5.92 Å². The maximum Gasteiger partial charge on any atom is 0.252 e. The number of carbonyl (C=O) groups is 2. The molecule has 10 heteroatoms. The van der Waals surface area contributed by atoms with Gasteiger partial charge in [0.2, 0.25) is 5.91 Å². The number of carbonyl (C=O) groups excluding carboxylic acids is 2. The molecule has 1 radical (unpaired) electrons.